The van der Waals surface area contributed by atoms with Crippen LogP contribution in [-0.2, 0) is 15.0 Å². The molecule has 1 aliphatic rings. The SMILES string of the molecule is CCC1(c2ccc(C#N)cc2)C(C(=O)O)=C(C)N(C(=Nc2ccccc2OC)c2ccccc2)C(C)(CC)C1C(=O)O. The molecule has 8 nitrogen and oxygen atoms in total. The summed E-state index contributed by atoms with van der Waals surface area (Å²) in [6.45, 7) is 7.32. The first-order valence-electron chi connectivity index (χ1n) is 13.9. The minimum atomic E-state index is -1.40. The number of carboxylic acids is 2. The van der Waals surface area contributed by atoms with Gasteiger partial charge >= 0.3 is 11.9 Å². The van der Waals surface area contributed by atoms with Gasteiger partial charge in [-0.1, -0.05) is 68.4 Å². The fraction of sp³-hybridized carbons (Fsp3) is 0.294. The highest BCUT2D eigenvalue weighted by atomic mass is 16.5. The smallest absolute Gasteiger partial charge is 0.334 e. The number of para-hydroxylation sites is 2. The highest BCUT2D eigenvalue weighted by molar-refractivity contribution is 6.04. The summed E-state index contributed by atoms with van der Waals surface area (Å²) in [7, 11) is 1.55. The molecule has 2 N–H and O–H groups in total. The number of methoxy groups -OCH3 is 1. The Balaban J connectivity index is 2.17. The minimum Gasteiger partial charge on any atom is -0.494 e. The van der Waals surface area contributed by atoms with E-state index < -0.39 is 28.8 Å². The molecule has 4 rings (SSSR count). The lowest BCUT2D eigenvalue weighted by Crippen LogP contribution is -2.66. The standard InChI is InChI=1S/C34H35N3O5/c1-6-33(4)29(32(40)41)34(7-2,25-19-17-23(21-35)18-20-25)28(31(38)39)22(3)37(33)30(24-13-9-8-10-14-24)36-26-15-11-12-16-27(26)42-5/h8-20,29H,6-7H2,1-5H3,(H,38,39)(H,40,41). The second-order valence-electron chi connectivity index (χ2n) is 10.6. The molecule has 42 heavy (non-hydrogen) atoms. The third-order valence-corrected chi connectivity index (χ3v) is 8.59. The topological polar surface area (TPSA) is 123 Å². The molecule has 3 aromatic carbocycles. The third kappa shape index (κ3) is 4.81. The van der Waals surface area contributed by atoms with Crippen molar-refractivity contribution >= 4 is 23.5 Å². The van der Waals surface area contributed by atoms with E-state index in [1.165, 1.54) is 0 Å². The second-order valence-corrected chi connectivity index (χ2v) is 10.6. The van der Waals surface area contributed by atoms with E-state index in [0.717, 1.165) is 0 Å². The van der Waals surface area contributed by atoms with E-state index >= 15 is 0 Å². The Morgan fingerprint density at radius 2 is 1.60 bits per heavy atom. The number of hydrogen-bond donors (Lipinski definition) is 2. The van der Waals surface area contributed by atoms with Crippen LogP contribution in [0.15, 0.2) is 95.1 Å². The molecule has 0 spiro atoms. The molecule has 0 bridgehead atoms. The van der Waals surface area contributed by atoms with Gasteiger partial charge in [0.1, 0.15) is 17.3 Å². The number of aliphatic imine (C=N–C) groups is 1. The van der Waals surface area contributed by atoms with E-state index in [9.17, 15) is 25.1 Å². The van der Waals surface area contributed by atoms with Gasteiger partial charge < -0.3 is 19.8 Å². The van der Waals surface area contributed by atoms with Gasteiger partial charge in [0.2, 0.25) is 0 Å². The van der Waals surface area contributed by atoms with Gasteiger partial charge in [-0.3, -0.25) is 4.79 Å². The van der Waals surface area contributed by atoms with Gasteiger partial charge in [0.25, 0.3) is 0 Å². The molecule has 1 heterocycles. The predicted octanol–water partition coefficient (Wildman–Crippen LogP) is 6.54. The fourth-order valence-electron chi connectivity index (χ4n) is 6.61. The highest BCUT2D eigenvalue weighted by Gasteiger charge is 2.62. The molecule has 0 amide bonds. The molecule has 3 unspecified atom stereocenters. The van der Waals surface area contributed by atoms with E-state index in [0.29, 0.717) is 46.1 Å². The van der Waals surface area contributed by atoms with Crippen molar-refractivity contribution in [2.24, 2.45) is 10.9 Å². The van der Waals surface area contributed by atoms with Crippen LogP contribution in [0.2, 0.25) is 0 Å². The minimum absolute atomic E-state index is 0.0170. The number of ether oxygens (including phenoxy) is 1. The van der Waals surface area contributed by atoms with E-state index in [-0.39, 0.29) is 12.0 Å². The number of nitrogens with zero attached hydrogens (tertiary/aromatic N) is 3. The normalized spacial score (nSPS) is 22.4. The average molecular weight is 566 g/mol. The van der Waals surface area contributed by atoms with Crippen molar-refractivity contribution in [2.75, 3.05) is 7.11 Å². The third-order valence-electron chi connectivity index (χ3n) is 8.59. The fourth-order valence-corrected chi connectivity index (χ4v) is 6.61. The number of allylic oxidation sites excluding steroid dienone is 1. The van der Waals surface area contributed by atoms with Crippen LogP contribution in [0.25, 0.3) is 0 Å². The van der Waals surface area contributed by atoms with Crippen LogP contribution >= 0.6 is 0 Å². The Kier molecular flexibility index (Phi) is 8.53. The van der Waals surface area contributed by atoms with Gasteiger partial charge in [0.05, 0.1) is 35.8 Å². The van der Waals surface area contributed by atoms with E-state index in [2.05, 4.69) is 6.07 Å². The maximum atomic E-state index is 13.5. The van der Waals surface area contributed by atoms with Gasteiger partial charge in [-0.25, -0.2) is 9.79 Å². The van der Waals surface area contributed by atoms with Crippen LogP contribution in [0.5, 0.6) is 5.75 Å². The van der Waals surface area contributed by atoms with Crippen LogP contribution in [0.1, 0.15) is 57.2 Å². The average Bonchev–Trinajstić information content (AvgIpc) is 3.00. The second kappa shape index (κ2) is 11.9. The molecule has 3 aromatic rings. The van der Waals surface area contributed by atoms with Crippen molar-refractivity contribution in [3.63, 3.8) is 0 Å². The maximum absolute atomic E-state index is 13.5. The number of rotatable bonds is 8. The van der Waals surface area contributed by atoms with Crippen LogP contribution in [-0.4, -0.2) is 45.5 Å². The van der Waals surface area contributed by atoms with Gasteiger partial charge in [-0.2, -0.15) is 5.26 Å². The summed E-state index contributed by atoms with van der Waals surface area (Å²) in [6.07, 6.45) is 0.576. The molecule has 0 fully saturated rings. The number of carboxylic acid groups (broad SMARTS) is 2. The van der Waals surface area contributed by atoms with Gasteiger partial charge in [-0.05, 0) is 56.5 Å². The van der Waals surface area contributed by atoms with Crippen LogP contribution < -0.4 is 4.74 Å². The molecule has 3 atom stereocenters. The molecule has 0 aromatic heterocycles. The summed E-state index contributed by atoms with van der Waals surface area (Å²) in [5.41, 5.74) is 0.00571. The highest BCUT2D eigenvalue weighted by Crippen LogP contribution is 2.56. The number of amidine groups is 1. The summed E-state index contributed by atoms with van der Waals surface area (Å²) >= 11 is 0. The number of nitriles is 1. The summed E-state index contributed by atoms with van der Waals surface area (Å²) in [6, 6.07) is 25.2. The van der Waals surface area contributed by atoms with E-state index in [4.69, 9.17) is 9.73 Å². The Hall–Kier alpha value is -4.90. The van der Waals surface area contributed by atoms with Crippen molar-refractivity contribution in [3.8, 4) is 11.8 Å². The largest absolute Gasteiger partial charge is 0.494 e. The quantitative estimate of drug-likeness (QED) is 0.235. The summed E-state index contributed by atoms with van der Waals surface area (Å²) in [5, 5.41) is 31.2. The molecular weight excluding hydrogens is 530 g/mol. The maximum Gasteiger partial charge on any atom is 0.334 e. The van der Waals surface area contributed by atoms with Crippen molar-refractivity contribution in [1.82, 2.24) is 4.90 Å². The van der Waals surface area contributed by atoms with Crippen molar-refractivity contribution in [2.45, 2.75) is 51.5 Å². The first kappa shape index (κ1) is 30.1. The molecule has 0 saturated carbocycles. The zero-order valence-electron chi connectivity index (χ0n) is 24.5. The molecule has 216 valence electrons. The Morgan fingerprint density at radius 3 is 2.12 bits per heavy atom. The lowest BCUT2D eigenvalue weighted by Gasteiger charge is -2.58. The van der Waals surface area contributed by atoms with E-state index in [1.807, 2.05) is 63.2 Å². The molecule has 0 radical (unpaired) electrons. The Labute approximate surface area is 246 Å². The predicted molar refractivity (Wildman–Crippen MR) is 161 cm³/mol. The van der Waals surface area contributed by atoms with Gasteiger partial charge in [-0.15, -0.1) is 0 Å². The van der Waals surface area contributed by atoms with Crippen LogP contribution in [0, 0.1) is 17.2 Å². The number of hydrogen-bond acceptors (Lipinski definition) is 5. The number of carbonyl (C=O) groups is 2. The molecule has 0 saturated heterocycles. The molecule has 0 aliphatic carbocycles. The number of benzene rings is 3. The van der Waals surface area contributed by atoms with Crippen LogP contribution in [0.3, 0.4) is 0 Å². The molecular formula is C34H35N3O5. The van der Waals surface area contributed by atoms with Crippen LogP contribution in [0.4, 0.5) is 5.69 Å². The summed E-state index contributed by atoms with van der Waals surface area (Å²) < 4.78 is 5.57. The van der Waals surface area contributed by atoms with E-state index in [1.54, 1.807) is 55.3 Å². The number of aliphatic carboxylic acids is 2. The zero-order valence-corrected chi connectivity index (χ0v) is 24.5. The molecule has 8 heteroatoms. The van der Waals surface area contributed by atoms with Crippen molar-refractivity contribution in [3.05, 3.63) is 107 Å². The van der Waals surface area contributed by atoms with Gasteiger partial charge in [0, 0.05) is 16.7 Å². The zero-order chi connectivity index (χ0) is 30.7. The summed E-state index contributed by atoms with van der Waals surface area (Å²) in [4.78, 5) is 33.6. The van der Waals surface area contributed by atoms with Crippen molar-refractivity contribution < 1.29 is 24.5 Å². The van der Waals surface area contributed by atoms with Crippen molar-refractivity contribution in [1.29, 1.82) is 5.26 Å². The molecule has 1 aliphatic heterocycles. The summed E-state index contributed by atoms with van der Waals surface area (Å²) in [5.74, 6) is -2.59. The monoisotopic (exact) mass is 565 g/mol. The first-order valence-corrected chi connectivity index (χ1v) is 13.9. The lowest BCUT2D eigenvalue weighted by atomic mass is 9.54. The Bertz CT molecular complexity index is 1590. The Morgan fingerprint density at radius 1 is 0.976 bits per heavy atom. The van der Waals surface area contributed by atoms with Gasteiger partial charge in [0.15, 0.2) is 0 Å². The first-order chi connectivity index (χ1) is 20.1. The lowest BCUT2D eigenvalue weighted by molar-refractivity contribution is -0.151.